The Morgan fingerprint density at radius 2 is 0.860 bits per heavy atom. The summed E-state index contributed by atoms with van der Waals surface area (Å²) in [5.74, 6) is 0.350. The van der Waals surface area contributed by atoms with Crippen molar-refractivity contribution in [2.45, 2.75) is 11.8 Å². The number of allylic oxidation sites excluding steroid dienone is 2. The van der Waals surface area contributed by atoms with E-state index < -0.39 is 23.2 Å². The van der Waals surface area contributed by atoms with Gasteiger partial charge in [-0.1, -0.05) is 0 Å². The summed E-state index contributed by atoms with van der Waals surface area (Å²) >= 11 is -1.28. The fourth-order valence-electron chi connectivity index (χ4n) is 6.66. The van der Waals surface area contributed by atoms with Crippen LogP contribution in [0.2, 0.25) is 0 Å². The van der Waals surface area contributed by atoms with Crippen LogP contribution in [0.15, 0.2) is 152 Å². The molecule has 43 heavy (non-hydrogen) atoms. The average molecular weight is 628 g/mol. The predicted molar refractivity (Wildman–Crippen MR) is 172 cm³/mol. The molecule has 2 aromatic heterocycles. The molecule has 0 saturated carbocycles. The first kappa shape index (κ1) is 26.2. The fraction of sp³-hybridized carbons (Fsp3) is 0.0500. The third-order valence-corrected chi connectivity index (χ3v) is 12.1. The van der Waals surface area contributed by atoms with Crippen molar-refractivity contribution in [3.63, 3.8) is 0 Å². The number of pyridine rings is 2. The van der Waals surface area contributed by atoms with E-state index in [1.807, 2.05) is 24.5 Å². The zero-order chi connectivity index (χ0) is 28.6. The van der Waals surface area contributed by atoms with E-state index in [1.165, 1.54) is 44.5 Å². The van der Waals surface area contributed by atoms with Gasteiger partial charge in [-0.3, -0.25) is 0 Å². The summed E-state index contributed by atoms with van der Waals surface area (Å²) < 4.78 is 3.09. The van der Waals surface area contributed by atoms with Gasteiger partial charge in [-0.15, -0.1) is 0 Å². The molecular weight excluding hydrogens is 600 g/mol. The van der Waals surface area contributed by atoms with Crippen LogP contribution >= 0.6 is 0 Å². The first-order valence-electron chi connectivity index (χ1n) is 14.7. The fourth-order valence-corrected chi connectivity index (χ4v) is 10.7. The van der Waals surface area contributed by atoms with Gasteiger partial charge in [0, 0.05) is 0 Å². The van der Waals surface area contributed by atoms with E-state index in [0.717, 1.165) is 11.4 Å². The molecule has 2 heterocycles. The van der Waals surface area contributed by atoms with Crippen molar-refractivity contribution in [3.05, 3.63) is 186 Å². The predicted octanol–water partition coefficient (Wildman–Crippen LogP) is 9.57. The molecule has 0 fully saturated rings. The molecule has 4 aromatic carbocycles. The Morgan fingerprint density at radius 1 is 0.419 bits per heavy atom. The zero-order valence-electron chi connectivity index (χ0n) is 23.6. The number of nitrogens with zero attached hydrogens (tertiary/aromatic N) is 2. The molecule has 0 aliphatic heterocycles. The van der Waals surface area contributed by atoms with Gasteiger partial charge in [0.2, 0.25) is 0 Å². The molecule has 2 aliphatic carbocycles. The Bertz CT molecular complexity index is 1840. The van der Waals surface area contributed by atoms with Crippen LogP contribution in [0.1, 0.15) is 45.5 Å². The summed E-state index contributed by atoms with van der Waals surface area (Å²) in [6.45, 7) is 0. The number of hydrogen-bond donors (Lipinski definition) is 0. The number of fused-ring (bicyclic) bond motifs is 2. The van der Waals surface area contributed by atoms with E-state index in [4.69, 9.17) is 9.97 Å². The van der Waals surface area contributed by atoms with E-state index in [9.17, 15) is 0 Å². The summed E-state index contributed by atoms with van der Waals surface area (Å²) in [6.07, 6.45) is 8.90. The number of rotatable bonds is 6. The van der Waals surface area contributed by atoms with Gasteiger partial charge in [-0.25, -0.2) is 0 Å². The summed E-state index contributed by atoms with van der Waals surface area (Å²) in [4.78, 5) is 9.82. The first-order chi connectivity index (χ1) is 21.3. The molecule has 0 N–H and O–H groups in total. The van der Waals surface area contributed by atoms with Crippen molar-refractivity contribution in [3.8, 4) is 22.3 Å². The van der Waals surface area contributed by atoms with Gasteiger partial charge in [0.25, 0.3) is 0 Å². The monoisotopic (exact) mass is 626 g/mol. The number of hydrogen-bond acceptors (Lipinski definition) is 2. The third-order valence-electron chi connectivity index (χ3n) is 8.55. The summed E-state index contributed by atoms with van der Waals surface area (Å²) in [5.41, 5.74) is 12.8. The van der Waals surface area contributed by atoms with Crippen molar-refractivity contribution in [1.82, 2.24) is 9.97 Å². The van der Waals surface area contributed by atoms with Crippen LogP contribution in [0.4, 0.5) is 0 Å². The molecule has 0 bridgehead atoms. The molecule has 2 aliphatic rings. The van der Waals surface area contributed by atoms with E-state index >= 15 is 0 Å². The molecule has 2 nitrogen and oxygen atoms in total. The molecule has 2 unspecified atom stereocenters. The normalized spacial score (nSPS) is 16.7. The van der Waals surface area contributed by atoms with Gasteiger partial charge < -0.3 is 0 Å². The van der Waals surface area contributed by atoms with Crippen LogP contribution < -0.4 is 0 Å². The van der Waals surface area contributed by atoms with Crippen LogP contribution in [-0.4, -0.2) is 9.97 Å². The Labute approximate surface area is 264 Å². The van der Waals surface area contributed by atoms with Crippen LogP contribution in [0, 0.1) is 0 Å². The Balaban J connectivity index is 1.28. The maximum absolute atomic E-state index is 4.91. The summed E-state index contributed by atoms with van der Waals surface area (Å²) in [7, 11) is 0. The molecular formula is C40H28N2Zr. The molecule has 8 rings (SSSR count). The minimum atomic E-state index is -1.28. The van der Waals surface area contributed by atoms with Crippen LogP contribution in [0.5, 0.6) is 0 Å². The third kappa shape index (κ3) is 4.79. The standard InChI is InChI=1S/2C20H14N.Zr/c2*1-2-7-15(8-3-1)16-9-6-10-17-18(16)12-13-19(17)20-11-4-5-14-21-20;/h2*1-12,14,19H;. The number of aromatic nitrogens is 2. The zero-order valence-corrected chi connectivity index (χ0v) is 26.0. The second-order valence-electron chi connectivity index (χ2n) is 11.0. The summed E-state index contributed by atoms with van der Waals surface area (Å²) in [6, 6.07) is 47.8. The summed E-state index contributed by atoms with van der Waals surface area (Å²) in [5, 5.41) is 0. The van der Waals surface area contributed by atoms with Gasteiger partial charge in [-0.05, 0) is 0 Å². The molecule has 0 radical (unpaired) electrons. The molecule has 0 spiro atoms. The quantitative estimate of drug-likeness (QED) is 0.184. The van der Waals surface area contributed by atoms with Crippen molar-refractivity contribution in [1.29, 1.82) is 0 Å². The Hall–Kier alpha value is -4.46. The van der Waals surface area contributed by atoms with E-state index in [1.54, 1.807) is 6.56 Å². The van der Waals surface area contributed by atoms with Crippen molar-refractivity contribution < 1.29 is 23.2 Å². The van der Waals surface area contributed by atoms with Gasteiger partial charge in [0.15, 0.2) is 0 Å². The number of benzene rings is 4. The second kappa shape index (κ2) is 11.3. The van der Waals surface area contributed by atoms with E-state index in [2.05, 4.69) is 133 Å². The minimum absolute atomic E-state index is 0.175. The average Bonchev–Trinajstić information content (AvgIpc) is 3.64. The molecule has 202 valence electrons. The molecule has 0 saturated heterocycles. The second-order valence-corrected chi connectivity index (χ2v) is 14.5. The maximum atomic E-state index is 4.91. The molecule has 3 heteroatoms. The van der Waals surface area contributed by atoms with Crippen LogP contribution in [0.25, 0.3) is 34.4 Å². The Kier molecular flexibility index (Phi) is 6.90. The SMILES string of the molecule is C1=[C]([Zr][C]2=Cc3c(-c4ccccc4)cccc3C2c2ccccn2)C(c2ccccn2)c2cccc(-c3ccccc3)c21. The Morgan fingerprint density at radius 3 is 1.28 bits per heavy atom. The van der Waals surface area contributed by atoms with E-state index in [0.29, 0.717) is 0 Å². The topological polar surface area (TPSA) is 25.8 Å². The van der Waals surface area contributed by atoms with Gasteiger partial charge in [0.1, 0.15) is 0 Å². The van der Waals surface area contributed by atoms with Crippen molar-refractivity contribution in [2.24, 2.45) is 0 Å². The molecule has 6 aromatic rings. The van der Waals surface area contributed by atoms with Gasteiger partial charge in [0.05, 0.1) is 0 Å². The van der Waals surface area contributed by atoms with E-state index in [-0.39, 0.29) is 11.8 Å². The first-order valence-corrected chi connectivity index (χ1v) is 17.2. The van der Waals surface area contributed by atoms with Crippen molar-refractivity contribution in [2.75, 3.05) is 0 Å². The van der Waals surface area contributed by atoms with Gasteiger partial charge >= 0.3 is 266 Å². The van der Waals surface area contributed by atoms with Crippen LogP contribution in [-0.2, 0) is 23.2 Å². The van der Waals surface area contributed by atoms with Crippen molar-refractivity contribution >= 4 is 12.2 Å². The van der Waals surface area contributed by atoms with Gasteiger partial charge in [-0.2, -0.15) is 0 Å². The van der Waals surface area contributed by atoms with Crippen LogP contribution in [0.3, 0.4) is 0 Å². The molecule has 2 atom stereocenters. The molecule has 0 amide bonds.